The van der Waals surface area contributed by atoms with Crippen LogP contribution in [0.1, 0.15) is 25.3 Å². The van der Waals surface area contributed by atoms with Gasteiger partial charge >= 0.3 is 5.97 Å². The van der Waals surface area contributed by atoms with Gasteiger partial charge in [0, 0.05) is 18.4 Å². The molecule has 22 heavy (non-hydrogen) atoms. The van der Waals surface area contributed by atoms with Crippen molar-refractivity contribution in [3.63, 3.8) is 0 Å². The summed E-state index contributed by atoms with van der Waals surface area (Å²) in [5.41, 5.74) is 1.41. The zero-order chi connectivity index (χ0) is 15.4. The summed E-state index contributed by atoms with van der Waals surface area (Å²) in [4.78, 5) is 13.4. The van der Waals surface area contributed by atoms with Crippen molar-refractivity contribution in [3.05, 3.63) is 48.0 Å². The Morgan fingerprint density at radius 2 is 1.86 bits per heavy atom. The molecule has 2 aromatic carbocycles. The van der Waals surface area contributed by atoms with Crippen molar-refractivity contribution in [1.29, 1.82) is 0 Å². The van der Waals surface area contributed by atoms with Crippen LogP contribution in [0, 0.1) is 5.92 Å². The molecule has 0 saturated carbocycles. The van der Waals surface area contributed by atoms with E-state index in [2.05, 4.69) is 42.5 Å². The number of likely N-dealkylation sites (tertiary alicyclic amines) is 1. The predicted molar refractivity (Wildman–Crippen MR) is 87.7 cm³/mol. The highest BCUT2D eigenvalue weighted by atomic mass is 16.5. The molecule has 0 amide bonds. The quantitative estimate of drug-likeness (QED) is 0.877. The van der Waals surface area contributed by atoms with E-state index in [1.54, 1.807) is 4.90 Å². The van der Waals surface area contributed by atoms with Crippen molar-refractivity contribution >= 4 is 16.7 Å². The number of hydrogen-bond acceptors (Lipinski definition) is 2. The van der Waals surface area contributed by atoms with E-state index in [1.807, 2.05) is 6.92 Å². The molecule has 0 unspecified atom stereocenters. The Hall–Kier alpha value is -1.87. The summed E-state index contributed by atoms with van der Waals surface area (Å²) in [6, 6.07) is 15.1. The molecular weight excluding hydrogens is 274 g/mol. The van der Waals surface area contributed by atoms with Crippen LogP contribution in [0.25, 0.3) is 10.8 Å². The van der Waals surface area contributed by atoms with Crippen LogP contribution in [0.15, 0.2) is 42.5 Å². The van der Waals surface area contributed by atoms with Gasteiger partial charge in [0.1, 0.15) is 6.54 Å². The van der Waals surface area contributed by atoms with E-state index < -0.39 is 0 Å². The fourth-order valence-electron chi connectivity index (χ4n) is 3.41. The van der Waals surface area contributed by atoms with Crippen LogP contribution < -0.4 is 4.90 Å². The molecule has 3 rings (SSSR count). The van der Waals surface area contributed by atoms with Gasteiger partial charge in [0.15, 0.2) is 0 Å². The van der Waals surface area contributed by atoms with Crippen molar-refractivity contribution in [2.75, 3.05) is 19.7 Å². The number of quaternary nitrogens is 1. The Balaban J connectivity index is 1.64. The molecule has 0 bridgehead atoms. The van der Waals surface area contributed by atoms with Gasteiger partial charge in [-0.1, -0.05) is 42.5 Å². The molecular formula is C19H24NO2+. The second-order valence-electron chi connectivity index (χ2n) is 6.09. The lowest BCUT2D eigenvalue weighted by molar-refractivity contribution is -0.919. The number of nitrogens with one attached hydrogen (secondary N) is 1. The van der Waals surface area contributed by atoms with Crippen LogP contribution in [0.4, 0.5) is 0 Å². The van der Waals surface area contributed by atoms with Crippen molar-refractivity contribution < 1.29 is 14.4 Å². The molecule has 3 nitrogen and oxygen atoms in total. The molecule has 0 aliphatic carbocycles. The van der Waals surface area contributed by atoms with E-state index in [1.165, 1.54) is 16.3 Å². The predicted octanol–water partition coefficient (Wildman–Crippen LogP) is 2.20. The third-order valence-corrected chi connectivity index (χ3v) is 4.63. The number of benzene rings is 2. The number of rotatable bonds is 4. The van der Waals surface area contributed by atoms with E-state index in [0.717, 1.165) is 32.5 Å². The molecule has 0 radical (unpaired) electrons. The first-order valence-electron chi connectivity index (χ1n) is 8.24. The van der Waals surface area contributed by atoms with Gasteiger partial charge in [-0.3, -0.25) is 4.79 Å². The van der Waals surface area contributed by atoms with Gasteiger partial charge in [-0.05, 0) is 17.7 Å². The first-order chi connectivity index (χ1) is 10.8. The minimum absolute atomic E-state index is 0.00768. The monoisotopic (exact) mass is 298 g/mol. The molecule has 1 saturated heterocycles. The largest absolute Gasteiger partial charge is 0.466 e. The molecule has 116 valence electrons. The van der Waals surface area contributed by atoms with Crippen LogP contribution >= 0.6 is 0 Å². The van der Waals surface area contributed by atoms with Crippen LogP contribution in [0.3, 0.4) is 0 Å². The van der Waals surface area contributed by atoms with E-state index in [9.17, 15) is 4.79 Å². The molecule has 2 aromatic rings. The summed E-state index contributed by atoms with van der Waals surface area (Å²) < 4.78 is 5.14. The second-order valence-corrected chi connectivity index (χ2v) is 6.09. The summed E-state index contributed by atoms with van der Waals surface area (Å²) in [5.74, 6) is 0.0999. The zero-order valence-electron chi connectivity index (χ0n) is 13.2. The Kier molecular flexibility index (Phi) is 4.74. The number of ether oxygens (including phenoxy) is 1. The fourth-order valence-corrected chi connectivity index (χ4v) is 3.41. The van der Waals surface area contributed by atoms with Gasteiger partial charge in [-0.2, -0.15) is 0 Å². The van der Waals surface area contributed by atoms with Gasteiger partial charge in [0.2, 0.25) is 0 Å². The molecule has 1 heterocycles. The maximum absolute atomic E-state index is 11.8. The lowest BCUT2D eigenvalue weighted by Crippen LogP contribution is -3.11. The van der Waals surface area contributed by atoms with Gasteiger partial charge in [0.05, 0.1) is 25.6 Å². The van der Waals surface area contributed by atoms with E-state index in [-0.39, 0.29) is 11.9 Å². The molecule has 0 aromatic heterocycles. The normalized spacial score (nSPS) is 21.7. The van der Waals surface area contributed by atoms with Crippen LogP contribution in [0.5, 0.6) is 0 Å². The summed E-state index contributed by atoms with van der Waals surface area (Å²) in [5, 5.41) is 2.66. The SMILES string of the molecule is CCOC(=O)C1CC[NH+](Cc2cccc3ccccc23)CC1. The minimum atomic E-state index is -0.00768. The van der Waals surface area contributed by atoms with Crippen LogP contribution in [0.2, 0.25) is 0 Å². The van der Waals surface area contributed by atoms with Crippen LogP contribution in [-0.4, -0.2) is 25.7 Å². The lowest BCUT2D eigenvalue weighted by atomic mass is 9.96. The molecule has 1 aliphatic rings. The van der Waals surface area contributed by atoms with Crippen molar-refractivity contribution in [2.24, 2.45) is 5.92 Å². The third kappa shape index (κ3) is 3.30. The number of carbonyl (C=O) groups excluding carboxylic acids is 1. The van der Waals surface area contributed by atoms with Crippen LogP contribution in [-0.2, 0) is 16.1 Å². The van der Waals surface area contributed by atoms with E-state index >= 15 is 0 Å². The number of fused-ring (bicyclic) bond motifs is 1. The highest BCUT2D eigenvalue weighted by Crippen LogP contribution is 2.18. The third-order valence-electron chi connectivity index (χ3n) is 4.63. The van der Waals surface area contributed by atoms with Gasteiger partial charge in [-0.15, -0.1) is 0 Å². The highest BCUT2D eigenvalue weighted by Gasteiger charge is 2.28. The van der Waals surface area contributed by atoms with Gasteiger partial charge in [-0.25, -0.2) is 0 Å². The molecule has 1 aliphatic heterocycles. The molecule has 0 atom stereocenters. The Labute approximate surface area is 131 Å². The zero-order valence-corrected chi connectivity index (χ0v) is 13.2. The fraction of sp³-hybridized carbons (Fsp3) is 0.421. The maximum Gasteiger partial charge on any atom is 0.309 e. The molecule has 0 spiro atoms. The first kappa shape index (κ1) is 15.0. The summed E-state index contributed by atoms with van der Waals surface area (Å²) >= 11 is 0. The average Bonchev–Trinajstić information content (AvgIpc) is 2.56. The Morgan fingerprint density at radius 1 is 1.14 bits per heavy atom. The number of piperidine rings is 1. The lowest BCUT2D eigenvalue weighted by Gasteiger charge is -2.28. The van der Waals surface area contributed by atoms with E-state index in [4.69, 9.17) is 4.74 Å². The summed E-state index contributed by atoms with van der Waals surface area (Å²) in [6.45, 7) is 5.50. The van der Waals surface area contributed by atoms with Crippen molar-refractivity contribution in [3.8, 4) is 0 Å². The van der Waals surface area contributed by atoms with Crippen molar-refractivity contribution in [2.45, 2.75) is 26.3 Å². The Morgan fingerprint density at radius 3 is 2.64 bits per heavy atom. The first-order valence-corrected chi connectivity index (χ1v) is 8.24. The second kappa shape index (κ2) is 6.93. The molecule has 3 heteroatoms. The topological polar surface area (TPSA) is 30.7 Å². The van der Waals surface area contributed by atoms with Crippen molar-refractivity contribution in [1.82, 2.24) is 0 Å². The van der Waals surface area contributed by atoms with Gasteiger partial charge in [0.25, 0.3) is 0 Å². The average molecular weight is 298 g/mol. The number of esters is 1. The van der Waals surface area contributed by atoms with E-state index in [0.29, 0.717) is 6.61 Å². The van der Waals surface area contributed by atoms with Gasteiger partial charge < -0.3 is 9.64 Å². The highest BCUT2D eigenvalue weighted by molar-refractivity contribution is 5.85. The number of carbonyl (C=O) groups is 1. The smallest absolute Gasteiger partial charge is 0.309 e. The minimum Gasteiger partial charge on any atom is -0.466 e. The Bertz CT molecular complexity index is 639. The molecule has 1 fully saturated rings. The summed E-state index contributed by atoms with van der Waals surface area (Å²) in [6.07, 6.45) is 1.89. The standard InChI is InChI=1S/C19H23NO2/c1-2-22-19(21)16-10-12-20(13-11-16)14-17-8-5-7-15-6-3-4-9-18(15)17/h3-9,16H,2,10-14H2,1H3/p+1. The number of hydrogen-bond donors (Lipinski definition) is 1. The molecule has 1 N–H and O–H groups in total. The summed E-state index contributed by atoms with van der Waals surface area (Å²) in [7, 11) is 0. The maximum atomic E-state index is 11.8.